The van der Waals surface area contributed by atoms with Crippen molar-refractivity contribution < 1.29 is 18.8 Å². The van der Waals surface area contributed by atoms with E-state index in [4.69, 9.17) is 0 Å². The SMILES string of the molecule is O=C(CSc1cccc(NC(=O)/C(=C/c2ccccc2F)NC(=O)c2ccccc2)c1)Nc1ccncc1. The number of hydrogen-bond donors (Lipinski definition) is 3. The molecule has 0 aliphatic heterocycles. The molecule has 0 aliphatic carbocycles. The third-order valence-electron chi connectivity index (χ3n) is 5.16. The second kappa shape index (κ2) is 13.0. The largest absolute Gasteiger partial charge is 0.325 e. The van der Waals surface area contributed by atoms with Crippen LogP contribution < -0.4 is 16.0 Å². The molecule has 1 aromatic heterocycles. The predicted molar refractivity (Wildman–Crippen MR) is 147 cm³/mol. The van der Waals surface area contributed by atoms with Gasteiger partial charge in [-0.1, -0.05) is 42.5 Å². The van der Waals surface area contributed by atoms with E-state index in [1.807, 2.05) is 6.07 Å². The van der Waals surface area contributed by atoms with E-state index in [2.05, 4.69) is 20.9 Å². The normalized spacial score (nSPS) is 10.9. The first-order valence-corrected chi connectivity index (χ1v) is 12.5. The molecule has 7 nitrogen and oxygen atoms in total. The van der Waals surface area contributed by atoms with Crippen LogP contribution in [0, 0.1) is 5.82 Å². The fourth-order valence-corrected chi connectivity index (χ4v) is 4.09. The topological polar surface area (TPSA) is 100 Å². The van der Waals surface area contributed by atoms with E-state index in [9.17, 15) is 18.8 Å². The summed E-state index contributed by atoms with van der Waals surface area (Å²) in [7, 11) is 0. The Morgan fingerprint density at radius 3 is 2.32 bits per heavy atom. The highest BCUT2D eigenvalue weighted by atomic mass is 32.2. The lowest BCUT2D eigenvalue weighted by molar-refractivity contribution is -0.114. The smallest absolute Gasteiger partial charge is 0.272 e. The number of nitrogens with zero attached hydrogens (tertiary/aromatic N) is 1. The fourth-order valence-electron chi connectivity index (χ4n) is 3.33. The average Bonchev–Trinajstić information content (AvgIpc) is 2.94. The van der Waals surface area contributed by atoms with Gasteiger partial charge in [0.15, 0.2) is 0 Å². The van der Waals surface area contributed by atoms with Crippen molar-refractivity contribution in [2.75, 3.05) is 16.4 Å². The lowest BCUT2D eigenvalue weighted by Gasteiger charge is -2.12. The Balaban J connectivity index is 1.46. The minimum atomic E-state index is -0.630. The monoisotopic (exact) mass is 526 g/mol. The summed E-state index contributed by atoms with van der Waals surface area (Å²) < 4.78 is 14.3. The van der Waals surface area contributed by atoms with Gasteiger partial charge in [0.1, 0.15) is 11.5 Å². The zero-order chi connectivity index (χ0) is 26.7. The first kappa shape index (κ1) is 26.3. The summed E-state index contributed by atoms with van der Waals surface area (Å²) in [5.74, 6) is -1.70. The van der Waals surface area contributed by atoms with Crippen LogP contribution in [0.3, 0.4) is 0 Å². The van der Waals surface area contributed by atoms with Crippen LogP contribution in [0.15, 0.2) is 114 Å². The molecule has 0 fully saturated rings. The molecule has 1 heterocycles. The third kappa shape index (κ3) is 7.62. The highest BCUT2D eigenvalue weighted by Gasteiger charge is 2.16. The molecule has 3 N–H and O–H groups in total. The van der Waals surface area contributed by atoms with Gasteiger partial charge in [-0.3, -0.25) is 19.4 Å². The quantitative estimate of drug-likeness (QED) is 0.201. The number of carbonyl (C=O) groups excluding carboxylic acids is 3. The number of rotatable bonds is 9. The van der Waals surface area contributed by atoms with Crippen LogP contribution >= 0.6 is 11.8 Å². The highest BCUT2D eigenvalue weighted by molar-refractivity contribution is 8.00. The van der Waals surface area contributed by atoms with Crippen molar-refractivity contribution in [3.05, 3.63) is 126 Å². The molecule has 0 saturated carbocycles. The number of amides is 3. The van der Waals surface area contributed by atoms with Gasteiger partial charge in [0.25, 0.3) is 11.8 Å². The molecule has 190 valence electrons. The first-order valence-electron chi connectivity index (χ1n) is 11.5. The Labute approximate surface area is 223 Å². The number of hydrogen-bond acceptors (Lipinski definition) is 5. The van der Waals surface area contributed by atoms with E-state index in [1.165, 1.54) is 36.0 Å². The van der Waals surface area contributed by atoms with Gasteiger partial charge in [-0.05, 0) is 54.6 Å². The van der Waals surface area contributed by atoms with Crippen molar-refractivity contribution in [1.29, 1.82) is 0 Å². The van der Waals surface area contributed by atoms with Crippen LogP contribution in [0.5, 0.6) is 0 Å². The summed E-state index contributed by atoms with van der Waals surface area (Å²) in [6, 6.07) is 24.7. The van der Waals surface area contributed by atoms with Gasteiger partial charge in [-0.2, -0.15) is 0 Å². The summed E-state index contributed by atoms with van der Waals surface area (Å²) in [6.07, 6.45) is 4.46. The van der Waals surface area contributed by atoms with Gasteiger partial charge in [-0.25, -0.2) is 4.39 Å². The molecule has 3 aromatic carbocycles. The zero-order valence-electron chi connectivity index (χ0n) is 20.1. The minimum Gasteiger partial charge on any atom is -0.325 e. The Morgan fingerprint density at radius 2 is 1.55 bits per heavy atom. The molecule has 4 rings (SSSR count). The van der Waals surface area contributed by atoms with Crippen molar-refractivity contribution in [3.8, 4) is 0 Å². The molecule has 9 heteroatoms. The number of aromatic nitrogens is 1. The second-order valence-electron chi connectivity index (χ2n) is 7.95. The number of thioether (sulfide) groups is 1. The predicted octanol–water partition coefficient (Wildman–Crippen LogP) is 5.36. The van der Waals surface area contributed by atoms with Gasteiger partial charge < -0.3 is 16.0 Å². The summed E-state index contributed by atoms with van der Waals surface area (Å²) in [4.78, 5) is 42.9. The lowest BCUT2D eigenvalue weighted by Crippen LogP contribution is -2.30. The number of halogens is 1. The standard InChI is InChI=1S/C29H23FN4O3S/c30-25-12-5-4-9-21(25)17-26(34-28(36)20-7-2-1-3-8-20)29(37)33-23-10-6-11-24(18-23)38-19-27(35)32-22-13-15-31-16-14-22/h1-18H,19H2,(H,33,37)(H,34,36)(H,31,32,35)/b26-17-. The fraction of sp³-hybridized carbons (Fsp3) is 0.0345. The van der Waals surface area contributed by atoms with Crippen LogP contribution in [0.1, 0.15) is 15.9 Å². The van der Waals surface area contributed by atoms with E-state index in [0.717, 1.165) is 4.90 Å². The molecule has 3 amide bonds. The zero-order valence-corrected chi connectivity index (χ0v) is 20.9. The van der Waals surface area contributed by atoms with Crippen LogP contribution in [-0.2, 0) is 9.59 Å². The maximum absolute atomic E-state index is 14.3. The second-order valence-corrected chi connectivity index (χ2v) is 9.00. The number of nitrogens with one attached hydrogen (secondary N) is 3. The van der Waals surface area contributed by atoms with Crippen molar-refractivity contribution in [2.45, 2.75) is 4.90 Å². The molecule has 0 spiro atoms. The molecular weight excluding hydrogens is 503 g/mol. The third-order valence-corrected chi connectivity index (χ3v) is 6.15. The van der Waals surface area contributed by atoms with Crippen molar-refractivity contribution in [3.63, 3.8) is 0 Å². The molecular formula is C29H23FN4O3S. The number of carbonyl (C=O) groups is 3. The summed E-state index contributed by atoms with van der Waals surface area (Å²) in [6.45, 7) is 0. The number of benzene rings is 3. The Kier molecular flexibility index (Phi) is 8.98. The summed E-state index contributed by atoms with van der Waals surface area (Å²) >= 11 is 1.30. The minimum absolute atomic E-state index is 0.126. The Hall–Kier alpha value is -4.76. The highest BCUT2D eigenvalue weighted by Crippen LogP contribution is 2.22. The van der Waals surface area contributed by atoms with Gasteiger partial charge in [-0.15, -0.1) is 11.8 Å². The molecule has 0 aliphatic rings. The summed E-state index contributed by atoms with van der Waals surface area (Å²) in [5.41, 5.74) is 1.47. The maximum Gasteiger partial charge on any atom is 0.272 e. The number of pyridine rings is 1. The van der Waals surface area contributed by atoms with Gasteiger partial charge in [0, 0.05) is 39.8 Å². The number of anilines is 2. The van der Waals surface area contributed by atoms with Crippen LogP contribution in [0.2, 0.25) is 0 Å². The van der Waals surface area contributed by atoms with Gasteiger partial charge in [0.2, 0.25) is 5.91 Å². The maximum atomic E-state index is 14.3. The Bertz CT molecular complexity index is 1460. The van der Waals surface area contributed by atoms with E-state index < -0.39 is 17.6 Å². The van der Waals surface area contributed by atoms with Gasteiger partial charge in [0.05, 0.1) is 5.75 Å². The molecule has 0 bridgehead atoms. The van der Waals surface area contributed by atoms with E-state index in [1.54, 1.807) is 79.1 Å². The van der Waals surface area contributed by atoms with Crippen LogP contribution in [0.4, 0.5) is 15.8 Å². The van der Waals surface area contributed by atoms with E-state index in [0.29, 0.717) is 16.9 Å². The van der Waals surface area contributed by atoms with Gasteiger partial charge >= 0.3 is 0 Å². The Morgan fingerprint density at radius 1 is 0.816 bits per heavy atom. The molecule has 0 unspecified atom stereocenters. The van der Waals surface area contributed by atoms with E-state index in [-0.39, 0.29) is 22.9 Å². The van der Waals surface area contributed by atoms with Crippen LogP contribution in [-0.4, -0.2) is 28.5 Å². The first-order chi connectivity index (χ1) is 18.5. The summed E-state index contributed by atoms with van der Waals surface area (Å²) in [5, 5.41) is 8.11. The van der Waals surface area contributed by atoms with Crippen molar-refractivity contribution in [1.82, 2.24) is 10.3 Å². The molecule has 0 saturated heterocycles. The van der Waals surface area contributed by atoms with Crippen molar-refractivity contribution in [2.24, 2.45) is 0 Å². The van der Waals surface area contributed by atoms with Crippen LogP contribution in [0.25, 0.3) is 6.08 Å². The molecule has 4 aromatic rings. The lowest BCUT2D eigenvalue weighted by atomic mass is 10.1. The molecule has 0 radical (unpaired) electrons. The molecule has 38 heavy (non-hydrogen) atoms. The molecule has 0 atom stereocenters. The average molecular weight is 527 g/mol. The van der Waals surface area contributed by atoms with Crippen molar-refractivity contribution >= 4 is 46.9 Å². The van der Waals surface area contributed by atoms with E-state index >= 15 is 0 Å².